The molecule has 1 saturated heterocycles. The predicted molar refractivity (Wildman–Crippen MR) is 118 cm³/mol. The Hall–Kier alpha value is -2.97. The summed E-state index contributed by atoms with van der Waals surface area (Å²) >= 11 is 0. The molecule has 1 aliphatic heterocycles. The van der Waals surface area contributed by atoms with Crippen molar-refractivity contribution in [2.45, 2.75) is 19.4 Å². The van der Waals surface area contributed by atoms with Gasteiger partial charge in [0.2, 0.25) is 15.9 Å². The molecule has 0 unspecified atom stereocenters. The molecule has 0 aliphatic carbocycles. The van der Waals surface area contributed by atoms with Gasteiger partial charge in [-0.25, -0.2) is 13.2 Å². The molecule has 1 heterocycles. The lowest BCUT2D eigenvalue weighted by atomic mass is 9.97. The lowest BCUT2D eigenvalue weighted by Crippen LogP contribution is -2.42. The number of carbonyl (C=O) groups excluding carboxylic acids is 2. The average Bonchev–Trinajstić information content (AvgIpc) is 2.81. The largest absolute Gasteiger partial charge is 0.465 e. The highest BCUT2D eigenvalue weighted by Gasteiger charge is 2.30. The first-order chi connectivity index (χ1) is 14.9. The van der Waals surface area contributed by atoms with Crippen LogP contribution in [0.5, 0.6) is 0 Å². The van der Waals surface area contributed by atoms with Gasteiger partial charge in [0.15, 0.2) is 0 Å². The summed E-state index contributed by atoms with van der Waals surface area (Å²) in [5.41, 5.74) is 1.90. The van der Waals surface area contributed by atoms with Gasteiger partial charge in [0.1, 0.15) is 0 Å². The summed E-state index contributed by atoms with van der Waals surface area (Å²) in [6.07, 6.45) is 2.47. The van der Waals surface area contributed by atoms with Crippen LogP contribution < -0.4 is 5.32 Å². The van der Waals surface area contributed by atoms with Crippen molar-refractivity contribution in [1.82, 2.24) is 9.62 Å². The number of amides is 1. The van der Waals surface area contributed by atoms with Crippen molar-refractivity contribution in [1.29, 1.82) is 0 Å². The van der Waals surface area contributed by atoms with E-state index >= 15 is 0 Å². The van der Waals surface area contributed by atoms with Gasteiger partial charge in [0, 0.05) is 31.0 Å². The molecule has 8 heteroatoms. The number of carbonyl (C=O) groups is 2. The van der Waals surface area contributed by atoms with E-state index in [1.165, 1.54) is 16.8 Å². The van der Waals surface area contributed by atoms with Crippen LogP contribution in [-0.2, 0) is 26.1 Å². The minimum atomic E-state index is -3.53. The quantitative estimate of drug-likeness (QED) is 0.666. The first-order valence-corrected chi connectivity index (χ1v) is 11.6. The normalized spacial score (nSPS) is 15.6. The van der Waals surface area contributed by atoms with Gasteiger partial charge in [0.05, 0.1) is 12.7 Å². The molecular formula is C23H26N2O5S. The number of piperidine rings is 1. The van der Waals surface area contributed by atoms with Crippen LogP contribution in [0.1, 0.15) is 34.3 Å². The fourth-order valence-corrected chi connectivity index (χ4v) is 4.72. The van der Waals surface area contributed by atoms with Crippen molar-refractivity contribution < 1.29 is 22.7 Å². The summed E-state index contributed by atoms with van der Waals surface area (Å²) in [6, 6.07) is 16.2. The topological polar surface area (TPSA) is 92.8 Å². The Labute approximate surface area is 182 Å². The molecule has 0 atom stereocenters. The molecule has 0 spiro atoms. The molecule has 1 aliphatic rings. The van der Waals surface area contributed by atoms with Crippen LogP contribution >= 0.6 is 0 Å². The van der Waals surface area contributed by atoms with Crippen LogP contribution in [0, 0.1) is 5.92 Å². The summed E-state index contributed by atoms with van der Waals surface area (Å²) in [4.78, 5) is 24.4. The van der Waals surface area contributed by atoms with E-state index in [1.54, 1.807) is 30.3 Å². The lowest BCUT2D eigenvalue weighted by Gasteiger charge is -2.29. The zero-order chi connectivity index (χ0) is 22.3. The standard InChI is InChI=1S/C23H26N2O5S/c1-30-23(27)21-10-6-5-9-20(21)17-24-22(26)19-11-14-25(15-12-19)31(28,29)16-13-18-7-3-2-4-8-18/h2-10,13,16,19H,11-12,14-15,17H2,1H3,(H,24,26)/b16-13+. The van der Waals surface area contributed by atoms with Crippen LogP contribution in [0.3, 0.4) is 0 Å². The predicted octanol–water partition coefficient (Wildman–Crippen LogP) is 2.80. The van der Waals surface area contributed by atoms with Gasteiger partial charge in [-0.05, 0) is 36.1 Å². The second-order valence-electron chi connectivity index (χ2n) is 7.30. The molecule has 1 fully saturated rings. The number of sulfonamides is 1. The summed E-state index contributed by atoms with van der Waals surface area (Å²) in [5, 5.41) is 4.07. The number of rotatable bonds is 7. The Morgan fingerprint density at radius 1 is 1.06 bits per heavy atom. The van der Waals surface area contributed by atoms with Crippen LogP contribution in [0.15, 0.2) is 60.0 Å². The van der Waals surface area contributed by atoms with E-state index in [0.717, 1.165) is 5.56 Å². The number of benzene rings is 2. The Balaban J connectivity index is 1.53. The molecule has 2 aromatic rings. The molecule has 0 bridgehead atoms. The second-order valence-corrected chi connectivity index (χ2v) is 9.12. The van der Waals surface area contributed by atoms with Gasteiger partial charge in [-0.3, -0.25) is 4.79 Å². The van der Waals surface area contributed by atoms with Crippen LogP contribution in [0.4, 0.5) is 0 Å². The van der Waals surface area contributed by atoms with Gasteiger partial charge in [-0.1, -0.05) is 48.5 Å². The maximum Gasteiger partial charge on any atom is 0.338 e. The minimum absolute atomic E-state index is 0.142. The molecule has 31 heavy (non-hydrogen) atoms. The van der Waals surface area contributed by atoms with Crippen molar-refractivity contribution in [2.24, 2.45) is 5.92 Å². The molecule has 164 valence electrons. The molecule has 0 saturated carbocycles. The molecular weight excluding hydrogens is 416 g/mol. The van der Waals surface area contributed by atoms with Crippen molar-refractivity contribution in [3.8, 4) is 0 Å². The van der Waals surface area contributed by atoms with E-state index in [2.05, 4.69) is 5.32 Å². The van der Waals surface area contributed by atoms with Gasteiger partial charge < -0.3 is 10.1 Å². The number of esters is 1. The van der Waals surface area contributed by atoms with E-state index in [0.29, 0.717) is 24.0 Å². The summed E-state index contributed by atoms with van der Waals surface area (Å²) in [5.74, 6) is -0.863. The highest BCUT2D eigenvalue weighted by atomic mass is 32.2. The lowest BCUT2D eigenvalue weighted by molar-refractivity contribution is -0.126. The third-order valence-electron chi connectivity index (χ3n) is 5.29. The van der Waals surface area contributed by atoms with Gasteiger partial charge >= 0.3 is 5.97 Å². The summed E-state index contributed by atoms with van der Waals surface area (Å²) in [7, 11) is -2.22. The van der Waals surface area contributed by atoms with Crippen LogP contribution in [0.25, 0.3) is 6.08 Å². The van der Waals surface area contributed by atoms with Crippen molar-refractivity contribution in [3.05, 3.63) is 76.7 Å². The highest BCUT2D eigenvalue weighted by molar-refractivity contribution is 7.92. The van der Waals surface area contributed by atoms with E-state index in [9.17, 15) is 18.0 Å². The molecule has 3 rings (SSSR count). The highest BCUT2D eigenvalue weighted by Crippen LogP contribution is 2.21. The van der Waals surface area contributed by atoms with Crippen molar-refractivity contribution >= 4 is 28.0 Å². The second kappa shape index (κ2) is 10.4. The Kier molecular flexibility index (Phi) is 7.59. The average molecular weight is 443 g/mol. The van der Waals surface area contributed by atoms with Crippen LogP contribution in [-0.4, -0.2) is 44.8 Å². The smallest absolute Gasteiger partial charge is 0.338 e. The molecule has 7 nitrogen and oxygen atoms in total. The van der Waals surface area contributed by atoms with Gasteiger partial charge in [-0.15, -0.1) is 0 Å². The van der Waals surface area contributed by atoms with E-state index in [4.69, 9.17) is 4.74 Å². The number of methoxy groups -OCH3 is 1. The number of hydrogen-bond acceptors (Lipinski definition) is 5. The number of hydrogen-bond donors (Lipinski definition) is 1. The number of nitrogens with one attached hydrogen (secondary N) is 1. The Bertz CT molecular complexity index is 1040. The van der Waals surface area contributed by atoms with Gasteiger partial charge in [-0.2, -0.15) is 4.31 Å². The molecule has 1 amide bonds. The summed E-state index contributed by atoms with van der Waals surface area (Å²) < 4.78 is 31.3. The first-order valence-electron chi connectivity index (χ1n) is 10.1. The fourth-order valence-electron chi connectivity index (χ4n) is 3.50. The monoisotopic (exact) mass is 442 g/mol. The molecule has 1 N–H and O–H groups in total. The minimum Gasteiger partial charge on any atom is -0.465 e. The van der Waals surface area contributed by atoms with Crippen molar-refractivity contribution in [3.63, 3.8) is 0 Å². The summed E-state index contributed by atoms with van der Waals surface area (Å²) in [6.45, 7) is 0.791. The number of ether oxygens (including phenoxy) is 1. The molecule has 0 radical (unpaired) electrons. The Morgan fingerprint density at radius 3 is 2.39 bits per heavy atom. The maximum atomic E-state index is 12.6. The zero-order valence-electron chi connectivity index (χ0n) is 17.4. The molecule has 0 aromatic heterocycles. The number of nitrogens with zero attached hydrogens (tertiary/aromatic N) is 1. The van der Waals surface area contributed by atoms with Crippen LogP contribution in [0.2, 0.25) is 0 Å². The Morgan fingerprint density at radius 2 is 1.71 bits per heavy atom. The van der Waals surface area contributed by atoms with Crippen molar-refractivity contribution in [2.75, 3.05) is 20.2 Å². The zero-order valence-corrected chi connectivity index (χ0v) is 18.2. The third kappa shape index (κ3) is 6.02. The van der Waals surface area contributed by atoms with E-state index in [1.807, 2.05) is 30.3 Å². The first kappa shape index (κ1) is 22.7. The van der Waals surface area contributed by atoms with E-state index < -0.39 is 16.0 Å². The maximum absolute atomic E-state index is 12.6. The fraction of sp³-hybridized carbons (Fsp3) is 0.304. The van der Waals surface area contributed by atoms with E-state index in [-0.39, 0.29) is 31.5 Å². The third-order valence-corrected chi connectivity index (χ3v) is 6.86. The van der Waals surface area contributed by atoms with Gasteiger partial charge in [0.25, 0.3) is 0 Å². The molecule has 2 aromatic carbocycles. The SMILES string of the molecule is COC(=O)c1ccccc1CNC(=O)C1CCN(S(=O)(=O)/C=C/c2ccccc2)CC1.